The SMILES string of the molecule is CNCCC(O)C(O)c1cc(Cl)cc(C#N)c1. The summed E-state index contributed by atoms with van der Waals surface area (Å²) in [5.74, 6) is 0. The first-order chi connectivity index (χ1) is 8.08. The molecule has 3 N–H and O–H groups in total. The fraction of sp³-hybridized carbons (Fsp3) is 0.417. The van der Waals surface area contributed by atoms with Gasteiger partial charge in [-0.15, -0.1) is 0 Å². The molecule has 0 heterocycles. The van der Waals surface area contributed by atoms with E-state index in [1.807, 2.05) is 6.07 Å². The fourth-order valence-electron chi connectivity index (χ4n) is 1.52. The third-order valence-electron chi connectivity index (χ3n) is 2.45. The molecule has 0 amide bonds. The molecule has 0 radical (unpaired) electrons. The zero-order chi connectivity index (χ0) is 12.8. The van der Waals surface area contributed by atoms with Gasteiger partial charge in [0.25, 0.3) is 0 Å². The molecule has 17 heavy (non-hydrogen) atoms. The Morgan fingerprint density at radius 3 is 2.71 bits per heavy atom. The molecule has 0 saturated heterocycles. The molecular formula is C12H15ClN2O2. The van der Waals surface area contributed by atoms with Gasteiger partial charge in [0.1, 0.15) is 6.10 Å². The van der Waals surface area contributed by atoms with E-state index in [2.05, 4.69) is 5.32 Å². The number of hydrogen-bond donors (Lipinski definition) is 3. The second-order valence-corrected chi connectivity index (χ2v) is 4.23. The summed E-state index contributed by atoms with van der Waals surface area (Å²) in [6.45, 7) is 0.601. The number of aliphatic hydroxyl groups is 2. The number of hydrogen-bond acceptors (Lipinski definition) is 4. The number of nitrogens with zero attached hydrogens (tertiary/aromatic N) is 1. The Labute approximate surface area is 105 Å². The molecule has 0 aromatic heterocycles. The van der Waals surface area contributed by atoms with Gasteiger partial charge >= 0.3 is 0 Å². The van der Waals surface area contributed by atoms with Crippen molar-refractivity contribution in [2.75, 3.05) is 13.6 Å². The topological polar surface area (TPSA) is 76.3 Å². The van der Waals surface area contributed by atoms with Crippen LogP contribution in [0.3, 0.4) is 0 Å². The Kier molecular flexibility index (Phi) is 5.39. The lowest BCUT2D eigenvalue weighted by molar-refractivity contribution is 0.0140. The first kappa shape index (κ1) is 13.9. The van der Waals surface area contributed by atoms with Gasteiger partial charge in [0.05, 0.1) is 17.7 Å². The number of halogens is 1. The van der Waals surface area contributed by atoms with Crippen LogP contribution in [0.1, 0.15) is 23.7 Å². The maximum Gasteiger partial charge on any atom is 0.105 e. The molecule has 0 aliphatic carbocycles. The Balaban J connectivity index is 2.84. The molecular weight excluding hydrogens is 240 g/mol. The average Bonchev–Trinajstić information content (AvgIpc) is 2.34. The van der Waals surface area contributed by atoms with Gasteiger partial charge in [-0.2, -0.15) is 5.26 Å². The summed E-state index contributed by atoms with van der Waals surface area (Å²) in [6.07, 6.45) is -1.49. The molecule has 0 fully saturated rings. The lowest BCUT2D eigenvalue weighted by Crippen LogP contribution is -2.23. The predicted octanol–water partition coefficient (Wildman–Crippen LogP) is 1.22. The van der Waals surface area contributed by atoms with E-state index >= 15 is 0 Å². The van der Waals surface area contributed by atoms with Crippen LogP contribution in [0.5, 0.6) is 0 Å². The van der Waals surface area contributed by atoms with Crippen molar-refractivity contribution < 1.29 is 10.2 Å². The van der Waals surface area contributed by atoms with Crippen molar-refractivity contribution in [3.63, 3.8) is 0 Å². The van der Waals surface area contributed by atoms with E-state index in [0.29, 0.717) is 29.1 Å². The van der Waals surface area contributed by atoms with E-state index in [1.165, 1.54) is 12.1 Å². The highest BCUT2D eigenvalue weighted by atomic mass is 35.5. The Morgan fingerprint density at radius 1 is 1.41 bits per heavy atom. The molecule has 0 aliphatic rings. The minimum Gasteiger partial charge on any atom is -0.390 e. The van der Waals surface area contributed by atoms with Crippen molar-refractivity contribution in [2.24, 2.45) is 0 Å². The highest BCUT2D eigenvalue weighted by molar-refractivity contribution is 6.30. The summed E-state index contributed by atoms with van der Waals surface area (Å²) in [4.78, 5) is 0. The standard InChI is InChI=1S/C12H15ClN2O2/c1-15-3-2-11(16)12(17)9-4-8(7-14)5-10(13)6-9/h4-6,11-12,15-17H,2-3H2,1H3. The molecule has 4 nitrogen and oxygen atoms in total. The smallest absolute Gasteiger partial charge is 0.105 e. The van der Waals surface area contributed by atoms with Crippen LogP contribution < -0.4 is 5.32 Å². The van der Waals surface area contributed by atoms with E-state index < -0.39 is 12.2 Å². The number of nitrogens with one attached hydrogen (secondary N) is 1. The lowest BCUT2D eigenvalue weighted by atomic mass is 10.0. The van der Waals surface area contributed by atoms with Crippen LogP contribution in [-0.4, -0.2) is 29.9 Å². The van der Waals surface area contributed by atoms with E-state index in [9.17, 15) is 10.2 Å². The zero-order valence-corrected chi connectivity index (χ0v) is 10.3. The number of rotatable bonds is 5. The summed E-state index contributed by atoms with van der Waals surface area (Å²) in [6, 6.07) is 6.55. The Morgan fingerprint density at radius 2 is 2.12 bits per heavy atom. The summed E-state index contributed by atoms with van der Waals surface area (Å²) in [7, 11) is 1.77. The lowest BCUT2D eigenvalue weighted by Gasteiger charge is -2.18. The van der Waals surface area contributed by atoms with Crippen LogP contribution in [0.2, 0.25) is 5.02 Å². The quantitative estimate of drug-likeness (QED) is 0.738. The van der Waals surface area contributed by atoms with E-state index in [-0.39, 0.29) is 0 Å². The fourth-order valence-corrected chi connectivity index (χ4v) is 1.76. The first-order valence-electron chi connectivity index (χ1n) is 5.29. The molecule has 2 atom stereocenters. The third-order valence-corrected chi connectivity index (χ3v) is 2.66. The van der Waals surface area contributed by atoms with Crippen LogP contribution in [0, 0.1) is 11.3 Å². The molecule has 0 bridgehead atoms. The molecule has 2 unspecified atom stereocenters. The highest BCUT2D eigenvalue weighted by Gasteiger charge is 2.18. The van der Waals surface area contributed by atoms with Crippen molar-refractivity contribution in [3.05, 3.63) is 34.3 Å². The van der Waals surface area contributed by atoms with Gasteiger partial charge in [-0.05, 0) is 43.8 Å². The maximum absolute atomic E-state index is 9.91. The van der Waals surface area contributed by atoms with Gasteiger partial charge in [0.2, 0.25) is 0 Å². The second-order valence-electron chi connectivity index (χ2n) is 3.79. The zero-order valence-electron chi connectivity index (χ0n) is 9.52. The molecule has 92 valence electrons. The van der Waals surface area contributed by atoms with Crippen LogP contribution in [-0.2, 0) is 0 Å². The Hall–Kier alpha value is -1.12. The summed E-state index contributed by atoms with van der Waals surface area (Å²) < 4.78 is 0. The number of benzene rings is 1. The van der Waals surface area contributed by atoms with Gasteiger partial charge < -0.3 is 15.5 Å². The minimum atomic E-state index is -1.03. The maximum atomic E-state index is 9.91. The summed E-state index contributed by atoms with van der Waals surface area (Å²) >= 11 is 5.83. The highest BCUT2D eigenvalue weighted by Crippen LogP contribution is 2.23. The van der Waals surface area contributed by atoms with Crippen molar-refractivity contribution in [2.45, 2.75) is 18.6 Å². The van der Waals surface area contributed by atoms with E-state index in [0.717, 1.165) is 0 Å². The van der Waals surface area contributed by atoms with Gasteiger partial charge in [-0.1, -0.05) is 11.6 Å². The second kappa shape index (κ2) is 6.58. The van der Waals surface area contributed by atoms with Crippen LogP contribution >= 0.6 is 11.6 Å². The molecule has 5 heteroatoms. The molecule has 0 aliphatic heterocycles. The van der Waals surface area contributed by atoms with E-state index in [1.54, 1.807) is 13.1 Å². The van der Waals surface area contributed by atoms with Gasteiger partial charge in [0.15, 0.2) is 0 Å². The molecule has 0 saturated carbocycles. The van der Waals surface area contributed by atoms with Gasteiger partial charge in [-0.3, -0.25) is 0 Å². The first-order valence-corrected chi connectivity index (χ1v) is 5.67. The number of aliphatic hydroxyl groups excluding tert-OH is 2. The molecule has 0 spiro atoms. The molecule has 1 rings (SSSR count). The molecule has 1 aromatic carbocycles. The third kappa shape index (κ3) is 3.99. The summed E-state index contributed by atoms with van der Waals surface area (Å²) in [5.41, 5.74) is 0.824. The van der Waals surface area contributed by atoms with Crippen LogP contribution in [0.25, 0.3) is 0 Å². The normalized spacial score (nSPS) is 14.1. The minimum absolute atomic E-state index is 0.368. The Bertz CT molecular complexity index is 417. The predicted molar refractivity (Wildman–Crippen MR) is 65.7 cm³/mol. The van der Waals surface area contributed by atoms with Crippen molar-refractivity contribution >= 4 is 11.6 Å². The largest absolute Gasteiger partial charge is 0.390 e. The van der Waals surface area contributed by atoms with Crippen LogP contribution in [0.15, 0.2) is 18.2 Å². The van der Waals surface area contributed by atoms with Crippen LogP contribution in [0.4, 0.5) is 0 Å². The monoisotopic (exact) mass is 254 g/mol. The van der Waals surface area contributed by atoms with Gasteiger partial charge in [0, 0.05) is 5.02 Å². The van der Waals surface area contributed by atoms with Crippen molar-refractivity contribution in [1.82, 2.24) is 5.32 Å². The van der Waals surface area contributed by atoms with E-state index in [4.69, 9.17) is 16.9 Å². The van der Waals surface area contributed by atoms with Gasteiger partial charge in [-0.25, -0.2) is 0 Å². The molecule has 1 aromatic rings. The summed E-state index contributed by atoms with van der Waals surface area (Å²) in [5, 5.41) is 31.7. The number of nitriles is 1. The average molecular weight is 255 g/mol. The van der Waals surface area contributed by atoms with Crippen molar-refractivity contribution in [1.29, 1.82) is 5.26 Å². The van der Waals surface area contributed by atoms with Crippen molar-refractivity contribution in [3.8, 4) is 6.07 Å².